The van der Waals surface area contributed by atoms with E-state index in [1.54, 1.807) is 6.07 Å². The summed E-state index contributed by atoms with van der Waals surface area (Å²) >= 11 is 0. The minimum absolute atomic E-state index is 0.232. The first-order chi connectivity index (χ1) is 8.45. The van der Waals surface area contributed by atoms with Crippen LogP contribution in [0.1, 0.15) is 24.5 Å². The summed E-state index contributed by atoms with van der Waals surface area (Å²) in [5.74, 6) is 0. The van der Waals surface area contributed by atoms with Crippen LogP contribution in [0.5, 0.6) is 0 Å². The van der Waals surface area contributed by atoms with E-state index in [0.717, 1.165) is 12.5 Å². The van der Waals surface area contributed by atoms with Gasteiger partial charge in [-0.1, -0.05) is 13.0 Å². The summed E-state index contributed by atoms with van der Waals surface area (Å²) in [6, 6.07) is 4.25. The van der Waals surface area contributed by atoms with Crippen LogP contribution in [0, 0.1) is 6.92 Å². The fourth-order valence-electron chi connectivity index (χ4n) is 1.55. The molecule has 1 aromatic rings. The SMILES string of the molecule is CCCOCCNc1ccc(C)c(C(F)(F)F)c1. The van der Waals surface area contributed by atoms with Crippen molar-refractivity contribution in [1.29, 1.82) is 0 Å². The van der Waals surface area contributed by atoms with Crippen molar-refractivity contribution in [3.8, 4) is 0 Å². The Kier molecular flexibility index (Phi) is 5.47. The van der Waals surface area contributed by atoms with Gasteiger partial charge in [0.2, 0.25) is 0 Å². The van der Waals surface area contributed by atoms with Gasteiger partial charge in [0.15, 0.2) is 0 Å². The predicted octanol–water partition coefficient (Wildman–Crippen LogP) is 3.85. The molecular weight excluding hydrogens is 243 g/mol. The van der Waals surface area contributed by atoms with E-state index in [2.05, 4.69) is 5.32 Å². The molecule has 18 heavy (non-hydrogen) atoms. The van der Waals surface area contributed by atoms with E-state index in [9.17, 15) is 13.2 Å². The Labute approximate surface area is 105 Å². The average molecular weight is 261 g/mol. The summed E-state index contributed by atoms with van der Waals surface area (Å²) < 4.78 is 43.2. The van der Waals surface area contributed by atoms with E-state index in [-0.39, 0.29) is 5.56 Å². The zero-order valence-corrected chi connectivity index (χ0v) is 10.6. The number of ether oxygens (including phenoxy) is 1. The van der Waals surface area contributed by atoms with Crippen LogP contribution in [0.25, 0.3) is 0 Å². The topological polar surface area (TPSA) is 21.3 Å². The van der Waals surface area contributed by atoms with Gasteiger partial charge in [0.25, 0.3) is 0 Å². The normalized spacial score (nSPS) is 11.6. The van der Waals surface area contributed by atoms with Gasteiger partial charge >= 0.3 is 6.18 Å². The van der Waals surface area contributed by atoms with Crippen molar-refractivity contribution in [2.24, 2.45) is 0 Å². The Bertz CT molecular complexity index is 377. The summed E-state index contributed by atoms with van der Waals surface area (Å²) in [6.07, 6.45) is -3.37. The number of nitrogens with one attached hydrogen (secondary N) is 1. The second-order valence-electron chi connectivity index (χ2n) is 4.07. The maximum Gasteiger partial charge on any atom is 0.416 e. The summed E-state index contributed by atoms with van der Waals surface area (Å²) in [5.41, 5.74) is 0.102. The van der Waals surface area contributed by atoms with Crippen molar-refractivity contribution in [2.75, 3.05) is 25.1 Å². The summed E-state index contributed by atoms with van der Waals surface area (Å²) in [6.45, 7) is 5.12. The van der Waals surface area contributed by atoms with E-state index in [1.165, 1.54) is 13.0 Å². The number of hydrogen-bond donors (Lipinski definition) is 1. The molecule has 0 radical (unpaired) electrons. The van der Waals surface area contributed by atoms with Gasteiger partial charge in [0, 0.05) is 18.8 Å². The Morgan fingerprint density at radius 1 is 1.22 bits per heavy atom. The molecule has 0 aromatic heterocycles. The Morgan fingerprint density at radius 2 is 1.94 bits per heavy atom. The smallest absolute Gasteiger partial charge is 0.383 e. The van der Waals surface area contributed by atoms with Gasteiger partial charge in [-0.15, -0.1) is 0 Å². The lowest BCUT2D eigenvalue weighted by Gasteiger charge is -2.13. The monoisotopic (exact) mass is 261 g/mol. The first kappa shape index (κ1) is 14.8. The standard InChI is InChI=1S/C13H18F3NO/c1-3-7-18-8-6-17-11-5-4-10(2)12(9-11)13(14,15)16/h4-5,9,17H,3,6-8H2,1-2H3. The zero-order chi connectivity index (χ0) is 13.6. The van der Waals surface area contributed by atoms with Crippen molar-refractivity contribution in [3.63, 3.8) is 0 Å². The first-order valence-electron chi connectivity index (χ1n) is 5.94. The number of rotatable bonds is 6. The number of hydrogen-bond acceptors (Lipinski definition) is 2. The van der Waals surface area contributed by atoms with Gasteiger partial charge in [0.05, 0.1) is 12.2 Å². The van der Waals surface area contributed by atoms with Crippen LogP contribution in [-0.2, 0) is 10.9 Å². The molecule has 0 saturated carbocycles. The van der Waals surface area contributed by atoms with E-state index < -0.39 is 11.7 Å². The van der Waals surface area contributed by atoms with Crippen LogP contribution < -0.4 is 5.32 Å². The largest absolute Gasteiger partial charge is 0.416 e. The van der Waals surface area contributed by atoms with Gasteiger partial charge in [-0.05, 0) is 31.0 Å². The molecule has 0 aliphatic rings. The maximum absolute atomic E-state index is 12.7. The molecule has 0 atom stereocenters. The van der Waals surface area contributed by atoms with Gasteiger partial charge in [0.1, 0.15) is 0 Å². The highest BCUT2D eigenvalue weighted by Crippen LogP contribution is 2.33. The predicted molar refractivity (Wildman–Crippen MR) is 65.8 cm³/mol. The fourth-order valence-corrected chi connectivity index (χ4v) is 1.55. The molecule has 2 nitrogen and oxygen atoms in total. The van der Waals surface area contributed by atoms with Gasteiger partial charge in [-0.3, -0.25) is 0 Å². The number of aryl methyl sites for hydroxylation is 1. The molecule has 0 spiro atoms. The summed E-state index contributed by atoms with van der Waals surface area (Å²) in [5, 5.41) is 2.92. The number of benzene rings is 1. The average Bonchev–Trinajstić information content (AvgIpc) is 2.29. The van der Waals surface area contributed by atoms with E-state index in [1.807, 2.05) is 6.92 Å². The van der Waals surface area contributed by atoms with Gasteiger partial charge < -0.3 is 10.1 Å². The highest BCUT2D eigenvalue weighted by molar-refractivity contribution is 5.49. The third-order valence-electron chi connectivity index (χ3n) is 2.47. The molecule has 0 heterocycles. The number of alkyl halides is 3. The lowest BCUT2D eigenvalue weighted by molar-refractivity contribution is -0.138. The molecule has 0 amide bonds. The molecule has 1 N–H and O–H groups in total. The summed E-state index contributed by atoms with van der Waals surface area (Å²) in [7, 11) is 0. The molecule has 5 heteroatoms. The quantitative estimate of drug-likeness (QED) is 0.785. The Morgan fingerprint density at radius 3 is 2.56 bits per heavy atom. The molecule has 0 unspecified atom stereocenters. The van der Waals surface area contributed by atoms with Crippen LogP contribution in [0.2, 0.25) is 0 Å². The second-order valence-corrected chi connectivity index (χ2v) is 4.07. The highest BCUT2D eigenvalue weighted by Gasteiger charge is 2.32. The minimum Gasteiger partial charge on any atom is -0.383 e. The maximum atomic E-state index is 12.7. The fraction of sp³-hybridized carbons (Fsp3) is 0.538. The van der Waals surface area contributed by atoms with Crippen molar-refractivity contribution < 1.29 is 17.9 Å². The molecule has 102 valence electrons. The van der Waals surface area contributed by atoms with Crippen molar-refractivity contribution in [3.05, 3.63) is 29.3 Å². The highest BCUT2D eigenvalue weighted by atomic mass is 19.4. The molecule has 1 rings (SSSR count). The van der Waals surface area contributed by atoms with Crippen LogP contribution in [0.3, 0.4) is 0 Å². The minimum atomic E-state index is -4.31. The summed E-state index contributed by atoms with van der Waals surface area (Å²) in [4.78, 5) is 0. The van der Waals surface area contributed by atoms with Crippen LogP contribution in [0.4, 0.5) is 18.9 Å². The third kappa shape index (κ3) is 4.56. The Balaban J connectivity index is 2.57. The van der Waals surface area contributed by atoms with Crippen molar-refractivity contribution >= 4 is 5.69 Å². The lowest BCUT2D eigenvalue weighted by Crippen LogP contribution is -2.12. The van der Waals surface area contributed by atoms with Crippen molar-refractivity contribution in [2.45, 2.75) is 26.4 Å². The van der Waals surface area contributed by atoms with E-state index in [0.29, 0.717) is 25.4 Å². The molecule has 0 aliphatic heterocycles. The lowest BCUT2D eigenvalue weighted by atomic mass is 10.1. The van der Waals surface area contributed by atoms with Gasteiger partial charge in [-0.25, -0.2) is 0 Å². The second kappa shape index (κ2) is 6.64. The van der Waals surface area contributed by atoms with Crippen LogP contribution in [-0.4, -0.2) is 19.8 Å². The number of halogens is 3. The molecular formula is C13H18F3NO. The van der Waals surface area contributed by atoms with Crippen LogP contribution in [0.15, 0.2) is 18.2 Å². The van der Waals surface area contributed by atoms with E-state index >= 15 is 0 Å². The van der Waals surface area contributed by atoms with Crippen molar-refractivity contribution in [1.82, 2.24) is 0 Å². The van der Waals surface area contributed by atoms with E-state index in [4.69, 9.17) is 4.74 Å². The zero-order valence-electron chi connectivity index (χ0n) is 10.6. The first-order valence-corrected chi connectivity index (χ1v) is 5.94. The molecule has 0 aliphatic carbocycles. The molecule has 0 fully saturated rings. The number of anilines is 1. The molecule has 0 saturated heterocycles. The third-order valence-corrected chi connectivity index (χ3v) is 2.47. The van der Waals surface area contributed by atoms with Crippen LogP contribution >= 0.6 is 0 Å². The Hall–Kier alpha value is -1.23. The molecule has 1 aromatic carbocycles. The van der Waals surface area contributed by atoms with Gasteiger partial charge in [-0.2, -0.15) is 13.2 Å². The molecule has 0 bridgehead atoms.